The van der Waals surface area contributed by atoms with Crippen molar-refractivity contribution in [2.45, 2.75) is 0 Å². The van der Waals surface area contributed by atoms with Crippen LogP contribution in [0, 0.1) is 0 Å². The van der Waals surface area contributed by atoms with Crippen molar-refractivity contribution < 1.29 is 14.6 Å². The molecule has 0 spiro atoms. The van der Waals surface area contributed by atoms with Gasteiger partial charge in [0.1, 0.15) is 17.2 Å². The summed E-state index contributed by atoms with van der Waals surface area (Å²) >= 11 is 6.57. The molecule has 0 heterocycles. The van der Waals surface area contributed by atoms with Crippen LogP contribution in [-0.2, 0) is 0 Å². The van der Waals surface area contributed by atoms with E-state index in [0.717, 1.165) is 0 Å². The third kappa shape index (κ3) is 5.58. The van der Waals surface area contributed by atoms with E-state index >= 15 is 0 Å². The average molecular weight is 530 g/mol. The Morgan fingerprint density at radius 1 is 1.03 bits per heavy atom. The first kappa shape index (κ1) is 21.8. The van der Waals surface area contributed by atoms with Crippen molar-refractivity contribution in [2.75, 3.05) is 6.54 Å². The van der Waals surface area contributed by atoms with Crippen molar-refractivity contribution >= 4 is 44.0 Å². The minimum atomic E-state index is -0.290. The second kappa shape index (κ2) is 10.2. The molecular weight excluding hydrogens is 512 g/mol. The highest BCUT2D eigenvalue weighted by atomic mass is 79.9. The van der Waals surface area contributed by atoms with Gasteiger partial charge in [-0.25, -0.2) is 5.01 Å². The van der Waals surface area contributed by atoms with E-state index in [2.05, 4.69) is 43.5 Å². The Balaban J connectivity index is 1.81. The second-order valence-corrected chi connectivity index (χ2v) is 7.91. The molecule has 152 valence electrons. The van der Waals surface area contributed by atoms with Crippen LogP contribution in [0.5, 0.6) is 17.2 Å². The minimum Gasteiger partial charge on any atom is -0.506 e. The maximum atomic E-state index is 13.0. The number of hydrogen-bond donors (Lipinski definition) is 1. The molecule has 1 amide bonds. The molecule has 3 aromatic rings. The normalized spacial score (nSPS) is 10.7. The molecule has 0 aliphatic carbocycles. The van der Waals surface area contributed by atoms with E-state index in [1.165, 1.54) is 5.01 Å². The van der Waals surface area contributed by atoms with Gasteiger partial charge in [0, 0.05) is 5.56 Å². The molecule has 30 heavy (non-hydrogen) atoms. The fourth-order valence-corrected chi connectivity index (χ4v) is 3.79. The SMILES string of the molecule is C=CCN(N=Cc1cc(Br)c(O)c(Br)c1)C(=O)c1cccc(Oc2ccccc2)c1. The van der Waals surface area contributed by atoms with Crippen molar-refractivity contribution in [3.8, 4) is 17.2 Å². The van der Waals surface area contributed by atoms with E-state index in [-0.39, 0.29) is 18.2 Å². The molecule has 0 bridgehead atoms. The van der Waals surface area contributed by atoms with E-state index in [0.29, 0.717) is 31.6 Å². The summed E-state index contributed by atoms with van der Waals surface area (Å²) in [5, 5.41) is 15.5. The van der Waals surface area contributed by atoms with Crippen LogP contribution >= 0.6 is 31.9 Å². The molecule has 5 nitrogen and oxygen atoms in total. The number of halogens is 2. The zero-order valence-corrected chi connectivity index (χ0v) is 19.0. The molecule has 1 N–H and O–H groups in total. The zero-order chi connectivity index (χ0) is 21.5. The lowest BCUT2D eigenvalue weighted by Crippen LogP contribution is -2.26. The number of benzene rings is 3. The lowest BCUT2D eigenvalue weighted by atomic mass is 10.2. The lowest BCUT2D eigenvalue weighted by molar-refractivity contribution is 0.0779. The molecule has 0 fully saturated rings. The Bertz CT molecular complexity index is 1060. The quantitative estimate of drug-likeness (QED) is 0.220. The van der Waals surface area contributed by atoms with Crippen molar-refractivity contribution in [1.82, 2.24) is 5.01 Å². The van der Waals surface area contributed by atoms with Gasteiger partial charge >= 0.3 is 0 Å². The van der Waals surface area contributed by atoms with Crippen LogP contribution in [0.3, 0.4) is 0 Å². The van der Waals surface area contributed by atoms with E-state index in [9.17, 15) is 9.90 Å². The van der Waals surface area contributed by atoms with Gasteiger partial charge < -0.3 is 9.84 Å². The number of hydrazone groups is 1. The van der Waals surface area contributed by atoms with Crippen LogP contribution in [0.1, 0.15) is 15.9 Å². The lowest BCUT2D eigenvalue weighted by Gasteiger charge is -2.16. The molecule has 7 heteroatoms. The first-order valence-corrected chi connectivity index (χ1v) is 10.5. The first-order chi connectivity index (χ1) is 14.5. The standard InChI is InChI=1S/C23H18Br2N2O3/c1-2-11-27(26-15-16-12-20(24)22(28)21(25)13-16)23(29)17-7-6-10-19(14-17)30-18-8-4-3-5-9-18/h2-10,12-15,28H,1,11H2. The summed E-state index contributed by atoms with van der Waals surface area (Å²) in [6.07, 6.45) is 3.14. The Morgan fingerprint density at radius 2 is 1.70 bits per heavy atom. The monoisotopic (exact) mass is 528 g/mol. The molecule has 3 aromatic carbocycles. The summed E-state index contributed by atoms with van der Waals surface area (Å²) in [5.41, 5.74) is 1.14. The molecule has 0 radical (unpaired) electrons. The topological polar surface area (TPSA) is 62.1 Å². The number of phenolic OH excluding ortho intramolecular Hbond substituents is 1. The predicted octanol–water partition coefficient (Wildman–Crippen LogP) is 6.37. The molecule has 3 rings (SSSR count). The first-order valence-electron chi connectivity index (χ1n) is 8.95. The van der Waals surface area contributed by atoms with Crippen molar-refractivity contribution in [3.05, 3.63) is 99.5 Å². The van der Waals surface area contributed by atoms with Gasteiger partial charge in [0.05, 0.1) is 21.7 Å². The van der Waals surface area contributed by atoms with Gasteiger partial charge in [-0.15, -0.1) is 6.58 Å². The summed E-state index contributed by atoms with van der Waals surface area (Å²) in [6, 6.07) is 19.7. The fourth-order valence-electron chi connectivity index (χ4n) is 2.57. The summed E-state index contributed by atoms with van der Waals surface area (Å²) in [7, 11) is 0. The molecule has 0 saturated carbocycles. The number of amides is 1. The zero-order valence-electron chi connectivity index (χ0n) is 15.8. The number of ether oxygens (including phenoxy) is 1. The Morgan fingerprint density at radius 3 is 2.37 bits per heavy atom. The number of phenols is 1. The number of carbonyl (C=O) groups excluding carboxylic acids is 1. The largest absolute Gasteiger partial charge is 0.506 e. The number of rotatable bonds is 7. The average Bonchev–Trinajstić information content (AvgIpc) is 2.75. The van der Waals surface area contributed by atoms with E-state index in [1.807, 2.05) is 30.3 Å². The number of hydrogen-bond acceptors (Lipinski definition) is 4. The molecule has 0 atom stereocenters. The van der Waals surface area contributed by atoms with E-state index in [1.54, 1.807) is 48.7 Å². The number of aromatic hydroxyl groups is 1. The second-order valence-electron chi connectivity index (χ2n) is 6.20. The van der Waals surface area contributed by atoms with Gasteiger partial charge in [0.15, 0.2) is 0 Å². The Hall–Kier alpha value is -2.90. The third-order valence-corrected chi connectivity index (χ3v) is 5.19. The van der Waals surface area contributed by atoms with Gasteiger partial charge in [-0.05, 0) is 79.9 Å². The number of para-hydroxylation sites is 1. The van der Waals surface area contributed by atoms with Crippen LogP contribution in [0.4, 0.5) is 0 Å². The third-order valence-electron chi connectivity index (χ3n) is 3.98. The number of carbonyl (C=O) groups is 1. The van der Waals surface area contributed by atoms with Crippen LogP contribution in [0.25, 0.3) is 0 Å². The molecular formula is C23H18Br2N2O3. The highest BCUT2D eigenvalue weighted by molar-refractivity contribution is 9.11. The van der Waals surface area contributed by atoms with E-state index < -0.39 is 0 Å². The molecule has 0 saturated heterocycles. The number of nitrogens with zero attached hydrogens (tertiary/aromatic N) is 2. The van der Waals surface area contributed by atoms with Crippen LogP contribution < -0.4 is 4.74 Å². The van der Waals surface area contributed by atoms with Crippen LogP contribution in [0.2, 0.25) is 0 Å². The molecule has 0 unspecified atom stereocenters. The molecule has 0 aliphatic heterocycles. The molecule has 0 aliphatic rings. The van der Waals surface area contributed by atoms with Gasteiger partial charge in [-0.2, -0.15) is 5.10 Å². The highest BCUT2D eigenvalue weighted by Crippen LogP contribution is 2.32. The maximum Gasteiger partial charge on any atom is 0.274 e. The van der Waals surface area contributed by atoms with Crippen LogP contribution in [-0.4, -0.2) is 28.8 Å². The maximum absolute atomic E-state index is 13.0. The highest BCUT2D eigenvalue weighted by Gasteiger charge is 2.15. The smallest absolute Gasteiger partial charge is 0.274 e. The summed E-state index contributed by atoms with van der Waals surface area (Å²) < 4.78 is 6.85. The van der Waals surface area contributed by atoms with Crippen molar-refractivity contribution in [2.24, 2.45) is 5.10 Å². The molecule has 0 aromatic heterocycles. The summed E-state index contributed by atoms with van der Waals surface area (Å²) in [6.45, 7) is 3.94. The van der Waals surface area contributed by atoms with Gasteiger partial charge in [-0.3, -0.25) is 4.79 Å². The van der Waals surface area contributed by atoms with Crippen molar-refractivity contribution in [1.29, 1.82) is 0 Å². The Labute approximate surface area is 191 Å². The summed E-state index contributed by atoms with van der Waals surface area (Å²) in [5.74, 6) is 1.05. The fraction of sp³-hybridized carbons (Fsp3) is 0.0435. The van der Waals surface area contributed by atoms with Gasteiger partial charge in [0.25, 0.3) is 5.91 Å². The van der Waals surface area contributed by atoms with Gasteiger partial charge in [0.2, 0.25) is 0 Å². The summed E-state index contributed by atoms with van der Waals surface area (Å²) in [4.78, 5) is 13.0. The predicted molar refractivity (Wildman–Crippen MR) is 125 cm³/mol. The van der Waals surface area contributed by atoms with E-state index in [4.69, 9.17) is 4.74 Å². The van der Waals surface area contributed by atoms with Crippen LogP contribution in [0.15, 0.2) is 93.4 Å². The van der Waals surface area contributed by atoms with Crippen molar-refractivity contribution in [3.63, 3.8) is 0 Å². The minimum absolute atomic E-state index is 0.0985. The van der Waals surface area contributed by atoms with Gasteiger partial charge in [-0.1, -0.05) is 30.3 Å². The Kier molecular flexibility index (Phi) is 7.43.